The highest BCUT2D eigenvalue weighted by Gasteiger charge is 2.16. The van der Waals surface area contributed by atoms with Crippen molar-refractivity contribution in [1.29, 1.82) is 0 Å². The van der Waals surface area contributed by atoms with Gasteiger partial charge in [0.25, 0.3) is 0 Å². The van der Waals surface area contributed by atoms with Crippen LogP contribution in [0.3, 0.4) is 0 Å². The highest BCUT2D eigenvalue weighted by Crippen LogP contribution is 2.12. The molecule has 0 aromatic rings. The van der Waals surface area contributed by atoms with Gasteiger partial charge in [0.15, 0.2) is 0 Å². The summed E-state index contributed by atoms with van der Waals surface area (Å²) in [5, 5.41) is 0. The number of halogens is 1. The molecule has 1 atom stereocenters. The van der Waals surface area contributed by atoms with Gasteiger partial charge in [0.1, 0.15) is 12.7 Å². The number of allylic oxidation sites excluding steroid dienone is 4. The van der Waals surface area contributed by atoms with Gasteiger partial charge in [-0.1, -0.05) is 115 Å². The Kier molecular flexibility index (Phi) is 31.2. The van der Waals surface area contributed by atoms with Gasteiger partial charge in [0.2, 0.25) is 0 Å². The van der Waals surface area contributed by atoms with Crippen LogP contribution in [0.2, 0.25) is 0 Å². The van der Waals surface area contributed by atoms with Crippen LogP contribution < -0.4 is 0 Å². The highest BCUT2D eigenvalue weighted by atomic mass is 35.5. The fraction of sp³-hybridized carbons (Fsp3) is 0.829. The minimum Gasteiger partial charge on any atom is -0.462 e. The van der Waals surface area contributed by atoms with Crippen molar-refractivity contribution < 1.29 is 19.1 Å². The van der Waals surface area contributed by atoms with Crippen LogP contribution in [-0.4, -0.2) is 30.5 Å². The molecule has 4 nitrogen and oxygen atoms in total. The van der Waals surface area contributed by atoms with Crippen molar-refractivity contribution in [2.24, 2.45) is 0 Å². The molecule has 0 aliphatic carbocycles. The van der Waals surface area contributed by atoms with Crippen LogP contribution in [0.1, 0.15) is 168 Å². The van der Waals surface area contributed by atoms with Crippen molar-refractivity contribution in [3.63, 3.8) is 0 Å². The Hall–Kier alpha value is -1.29. The number of hydrogen-bond acceptors (Lipinski definition) is 4. The van der Waals surface area contributed by atoms with Crippen LogP contribution in [0.5, 0.6) is 0 Å². The zero-order valence-electron chi connectivity index (χ0n) is 26.3. The van der Waals surface area contributed by atoms with E-state index < -0.39 is 6.10 Å². The molecule has 0 N–H and O–H groups in total. The normalized spacial score (nSPS) is 12.4. The number of esters is 2. The summed E-state index contributed by atoms with van der Waals surface area (Å²) in [6, 6.07) is 0. The molecule has 0 amide bonds. The Bertz CT molecular complexity index is 617. The molecular weight excluding hydrogens is 520 g/mol. The van der Waals surface area contributed by atoms with E-state index >= 15 is 0 Å². The van der Waals surface area contributed by atoms with Gasteiger partial charge in [-0.2, -0.15) is 0 Å². The Morgan fingerprint density at radius 2 is 0.925 bits per heavy atom. The predicted molar refractivity (Wildman–Crippen MR) is 172 cm³/mol. The lowest BCUT2D eigenvalue weighted by molar-refractivity contribution is -0.157. The first-order valence-electron chi connectivity index (χ1n) is 16.8. The SMILES string of the molecule is CCCCCC/C=C\CCCCCCCC(=O)OCC(CCl)OC(=O)CCCCCCC/C=C\CCCCCC. The molecule has 0 saturated heterocycles. The first-order chi connectivity index (χ1) is 19.6. The average Bonchev–Trinajstić information content (AvgIpc) is 2.96. The third-order valence-electron chi connectivity index (χ3n) is 7.19. The van der Waals surface area contributed by atoms with E-state index in [4.69, 9.17) is 21.1 Å². The molecule has 0 spiro atoms. The van der Waals surface area contributed by atoms with E-state index in [-0.39, 0.29) is 24.4 Å². The topological polar surface area (TPSA) is 52.6 Å². The maximum atomic E-state index is 12.1. The first kappa shape index (κ1) is 38.7. The van der Waals surface area contributed by atoms with Gasteiger partial charge in [-0.3, -0.25) is 9.59 Å². The molecule has 5 heteroatoms. The molecule has 0 aliphatic heterocycles. The molecule has 0 bridgehead atoms. The minimum absolute atomic E-state index is 0.0466. The van der Waals surface area contributed by atoms with Gasteiger partial charge >= 0.3 is 11.9 Å². The van der Waals surface area contributed by atoms with Crippen molar-refractivity contribution >= 4 is 23.5 Å². The molecule has 234 valence electrons. The Morgan fingerprint density at radius 3 is 1.35 bits per heavy atom. The summed E-state index contributed by atoms with van der Waals surface area (Å²) in [5.41, 5.74) is 0. The van der Waals surface area contributed by atoms with Crippen molar-refractivity contribution in [1.82, 2.24) is 0 Å². The van der Waals surface area contributed by atoms with Crippen molar-refractivity contribution in [3.05, 3.63) is 24.3 Å². The first-order valence-corrected chi connectivity index (χ1v) is 17.4. The molecule has 0 radical (unpaired) electrons. The summed E-state index contributed by atoms with van der Waals surface area (Å²) in [4.78, 5) is 24.2. The van der Waals surface area contributed by atoms with E-state index in [1.807, 2.05) is 0 Å². The number of unbranched alkanes of at least 4 members (excludes halogenated alkanes) is 18. The molecule has 1 unspecified atom stereocenters. The maximum Gasteiger partial charge on any atom is 0.306 e. The van der Waals surface area contributed by atoms with Gasteiger partial charge < -0.3 is 9.47 Å². The van der Waals surface area contributed by atoms with Crippen LogP contribution in [0, 0.1) is 0 Å². The monoisotopic (exact) mass is 582 g/mol. The van der Waals surface area contributed by atoms with Crippen LogP contribution in [-0.2, 0) is 19.1 Å². The molecular formula is C35H63ClO4. The van der Waals surface area contributed by atoms with E-state index in [9.17, 15) is 9.59 Å². The third kappa shape index (κ3) is 29.7. The van der Waals surface area contributed by atoms with E-state index in [0.29, 0.717) is 12.8 Å². The van der Waals surface area contributed by atoms with Gasteiger partial charge in [-0.15, -0.1) is 11.6 Å². The predicted octanol–water partition coefficient (Wildman–Crippen LogP) is 11.2. The summed E-state index contributed by atoms with van der Waals surface area (Å²) in [6.07, 6.45) is 35.8. The van der Waals surface area contributed by atoms with Gasteiger partial charge in [-0.05, 0) is 64.2 Å². The van der Waals surface area contributed by atoms with Crippen LogP contribution in [0.15, 0.2) is 24.3 Å². The van der Waals surface area contributed by atoms with Crippen molar-refractivity contribution in [3.8, 4) is 0 Å². The molecule has 0 aromatic heterocycles. The number of hydrogen-bond donors (Lipinski definition) is 0. The Morgan fingerprint density at radius 1 is 0.550 bits per heavy atom. The standard InChI is InChI=1S/C35H63ClO4/c1-3-5-7-9-11-13-15-17-19-21-23-25-27-29-34(37)39-32-33(31-36)40-35(38)30-28-26-24-22-20-18-16-14-12-10-8-6-4-2/h13-16,33H,3-12,17-32H2,1-2H3/b15-13-,16-14-. The number of rotatable bonds is 30. The second-order valence-electron chi connectivity index (χ2n) is 11.2. The number of alkyl halides is 1. The van der Waals surface area contributed by atoms with E-state index in [2.05, 4.69) is 38.2 Å². The minimum atomic E-state index is -0.563. The van der Waals surface area contributed by atoms with Gasteiger partial charge in [-0.25, -0.2) is 0 Å². The summed E-state index contributed by atoms with van der Waals surface area (Å²) >= 11 is 5.94. The summed E-state index contributed by atoms with van der Waals surface area (Å²) in [7, 11) is 0. The fourth-order valence-corrected chi connectivity index (χ4v) is 4.74. The van der Waals surface area contributed by atoms with E-state index in [1.54, 1.807) is 0 Å². The van der Waals surface area contributed by atoms with Gasteiger partial charge in [0.05, 0.1) is 5.88 Å². The second-order valence-corrected chi connectivity index (χ2v) is 11.5. The lowest BCUT2D eigenvalue weighted by atomic mass is 10.1. The third-order valence-corrected chi connectivity index (χ3v) is 7.53. The zero-order valence-corrected chi connectivity index (χ0v) is 27.0. The quantitative estimate of drug-likeness (QED) is 0.0365. The zero-order chi connectivity index (χ0) is 29.4. The van der Waals surface area contributed by atoms with E-state index in [1.165, 1.54) is 89.9 Å². The Labute approximate surface area is 253 Å². The average molecular weight is 583 g/mol. The molecule has 0 heterocycles. The smallest absolute Gasteiger partial charge is 0.306 e. The fourth-order valence-electron chi connectivity index (χ4n) is 4.59. The largest absolute Gasteiger partial charge is 0.462 e. The summed E-state index contributed by atoms with van der Waals surface area (Å²) < 4.78 is 10.7. The lowest BCUT2D eigenvalue weighted by Crippen LogP contribution is -2.26. The molecule has 0 rings (SSSR count). The van der Waals surface area contributed by atoms with Crippen molar-refractivity contribution in [2.45, 2.75) is 174 Å². The van der Waals surface area contributed by atoms with Crippen LogP contribution in [0.4, 0.5) is 0 Å². The van der Waals surface area contributed by atoms with Crippen LogP contribution in [0.25, 0.3) is 0 Å². The molecule has 0 aromatic carbocycles. The second kappa shape index (κ2) is 32.2. The van der Waals surface area contributed by atoms with Gasteiger partial charge in [0, 0.05) is 12.8 Å². The number of ether oxygens (including phenoxy) is 2. The lowest BCUT2D eigenvalue weighted by Gasteiger charge is -2.15. The van der Waals surface area contributed by atoms with E-state index in [0.717, 1.165) is 51.4 Å². The Balaban J connectivity index is 3.61. The summed E-state index contributed by atoms with van der Waals surface area (Å²) in [5.74, 6) is -0.347. The number of carbonyl (C=O) groups excluding carboxylic acids is 2. The maximum absolute atomic E-state index is 12.1. The molecule has 0 saturated carbocycles. The summed E-state index contributed by atoms with van der Waals surface area (Å²) in [6.45, 7) is 4.54. The molecule has 0 fully saturated rings. The number of carbonyl (C=O) groups is 2. The molecule has 0 aliphatic rings. The van der Waals surface area contributed by atoms with Crippen LogP contribution >= 0.6 is 11.6 Å². The molecule has 40 heavy (non-hydrogen) atoms. The van der Waals surface area contributed by atoms with Crippen molar-refractivity contribution in [2.75, 3.05) is 12.5 Å². The highest BCUT2D eigenvalue weighted by molar-refractivity contribution is 6.18.